The molecule has 1 N–H and O–H groups in total. The third-order valence-electron chi connectivity index (χ3n) is 3.28. The molecule has 3 nitrogen and oxygen atoms in total. The van der Waals surface area contributed by atoms with E-state index < -0.39 is 11.6 Å². The van der Waals surface area contributed by atoms with Crippen molar-refractivity contribution in [2.75, 3.05) is 0 Å². The lowest BCUT2D eigenvalue weighted by Crippen LogP contribution is -2.15. The Hall–Kier alpha value is -2.01. The minimum Gasteiger partial charge on any atom is -0.439 e. The molecule has 110 valence electrons. The molecule has 1 aromatic heterocycles. The van der Waals surface area contributed by atoms with Crippen LogP contribution >= 0.6 is 0 Å². The summed E-state index contributed by atoms with van der Waals surface area (Å²) in [6.07, 6.45) is 2.45. The average molecular weight is 290 g/mol. The van der Waals surface area contributed by atoms with E-state index >= 15 is 0 Å². The number of halogens is 2. The number of aryl methyl sites for hydroxylation is 1. The Bertz CT molecular complexity index is 657. The Kier molecular flexibility index (Phi) is 3.84. The molecule has 0 amide bonds. The van der Waals surface area contributed by atoms with Crippen molar-refractivity contribution in [3.63, 3.8) is 0 Å². The minimum atomic E-state index is -0.934. The van der Waals surface area contributed by atoms with Crippen LogP contribution in [0.15, 0.2) is 30.3 Å². The molecule has 1 saturated carbocycles. The largest absolute Gasteiger partial charge is 0.439 e. The summed E-state index contributed by atoms with van der Waals surface area (Å²) in [5, 5.41) is 3.41. The van der Waals surface area contributed by atoms with E-state index in [1.54, 1.807) is 0 Å². The van der Waals surface area contributed by atoms with Crippen molar-refractivity contribution in [2.24, 2.45) is 0 Å². The van der Waals surface area contributed by atoms with Gasteiger partial charge in [0.25, 0.3) is 0 Å². The van der Waals surface area contributed by atoms with Crippen molar-refractivity contribution >= 4 is 0 Å². The predicted molar refractivity (Wildman–Crippen MR) is 75.3 cm³/mol. The van der Waals surface area contributed by atoms with Gasteiger partial charge >= 0.3 is 0 Å². The molecule has 3 rings (SSSR count). The second kappa shape index (κ2) is 5.77. The Balaban J connectivity index is 1.75. The topological polar surface area (TPSA) is 34.1 Å². The highest BCUT2D eigenvalue weighted by atomic mass is 19.2. The van der Waals surface area contributed by atoms with E-state index in [1.807, 2.05) is 19.1 Å². The van der Waals surface area contributed by atoms with Crippen molar-refractivity contribution in [2.45, 2.75) is 32.4 Å². The molecule has 2 aromatic rings. The van der Waals surface area contributed by atoms with Gasteiger partial charge in [0.05, 0.1) is 0 Å². The summed E-state index contributed by atoms with van der Waals surface area (Å²) in [6, 6.07) is 7.84. The van der Waals surface area contributed by atoms with Crippen LogP contribution in [0.5, 0.6) is 11.6 Å². The number of hydrogen-bond acceptors (Lipinski definition) is 3. The van der Waals surface area contributed by atoms with Gasteiger partial charge in [0.1, 0.15) is 5.75 Å². The van der Waals surface area contributed by atoms with Crippen LogP contribution in [0.4, 0.5) is 8.78 Å². The molecule has 1 heterocycles. The fraction of sp³-hybridized carbons (Fsp3) is 0.312. The maximum absolute atomic E-state index is 13.2. The van der Waals surface area contributed by atoms with E-state index in [4.69, 9.17) is 4.74 Å². The average Bonchev–Trinajstić information content (AvgIpc) is 3.24. The molecule has 0 radical (unpaired) electrons. The van der Waals surface area contributed by atoms with Crippen molar-refractivity contribution in [3.05, 3.63) is 53.2 Å². The number of ether oxygens (including phenoxy) is 1. The smallest absolute Gasteiger partial charge is 0.219 e. The second-order valence-electron chi connectivity index (χ2n) is 5.29. The Labute approximate surface area is 122 Å². The molecule has 0 saturated heterocycles. The SMILES string of the molecule is Cc1cc(CNC2CC2)cc(Oc2ccc(F)c(F)c2)n1. The van der Waals surface area contributed by atoms with E-state index in [-0.39, 0.29) is 5.75 Å². The normalized spacial score (nSPS) is 14.2. The fourth-order valence-corrected chi connectivity index (χ4v) is 2.07. The van der Waals surface area contributed by atoms with Crippen molar-refractivity contribution in [1.29, 1.82) is 0 Å². The molecule has 1 aliphatic carbocycles. The summed E-state index contributed by atoms with van der Waals surface area (Å²) < 4.78 is 31.6. The van der Waals surface area contributed by atoms with Crippen LogP contribution in [0.3, 0.4) is 0 Å². The first kappa shape index (κ1) is 13.9. The first-order chi connectivity index (χ1) is 10.1. The van der Waals surface area contributed by atoms with Crippen LogP contribution in [-0.2, 0) is 6.54 Å². The molecular weight excluding hydrogens is 274 g/mol. The van der Waals surface area contributed by atoms with Crippen LogP contribution in [0.2, 0.25) is 0 Å². The van der Waals surface area contributed by atoms with Gasteiger partial charge in [-0.2, -0.15) is 0 Å². The van der Waals surface area contributed by atoms with Gasteiger partial charge in [-0.3, -0.25) is 0 Å². The highest BCUT2D eigenvalue weighted by Crippen LogP contribution is 2.24. The molecule has 0 aliphatic heterocycles. The van der Waals surface area contributed by atoms with Gasteiger partial charge in [0.15, 0.2) is 11.6 Å². The van der Waals surface area contributed by atoms with Crippen LogP contribution in [0, 0.1) is 18.6 Å². The number of rotatable bonds is 5. The maximum Gasteiger partial charge on any atom is 0.219 e. The lowest BCUT2D eigenvalue weighted by atomic mass is 10.2. The highest BCUT2D eigenvalue weighted by Gasteiger charge is 2.20. The van der Waals surface area contributed by atoms with E-state index in [0.717, 1.165) is 29.9 Å². The summed E-state index contributed by atoms with van der Waals surface area (Å²) in [7, 11) is 0. The molecule has 5 heteroatoms. The standard InChI is InChI=1S/C16H16F2N2O/c1-10-6-11(9-19-12-2-3-12)7-16(20-10)21-13-4-5-14(17)15(18)8-13/h4-8,12,19H,2-3,9H2,1H3. The van der Waals surface area contributed by atoms with Crippen LogP contribution < -0.4 is 10.1 Å². The predicted octanol–water partition coefficient (Wildman–Crippen LogP) is 3.71. The number of aromatic nitrogens is 1. The van der Waals surface area contributed by atoms with Crippen molar-refractivity contribution in [3.8, 4) is 11.6 Å². The summed E-state index contributed by atoms with van der Waals surface area (Å²) in [6.45, 7) is 2.63. The molecule has 0 unspecified atom stereocenters. The van der Waals surface area contributed by atoms with Gasteiger partial charge in [-0.1, -0.05) is 0 Å². The van der Waals surface area contributed by atoms with Crippen LogP contribution in [0.25, 0.3) is 0 Å². The molecule has 1 aromatic carbocycles. The molecule has 0 bridgehead atoms. The summed E-state index contributed by atoms with van der Waals surface area (Å²) in [5.74, 6) is -1.22. The molecule has 21 heavy (non-hydrogen) atoms. The Morgan fingerprint density at radius 2 is 2.00 bits per heavy atom. The van der Waals surface area contributed by atoms with Gasteiger partial charge in [0.2, 0.25) is 5.88 Å². The van der Waals surface area contributed by atoms with Crippen molar-refractivity contribution < 1.29 is 13.5 Å². The zero-order valence-corrected chi connectivity index (χ0v) is 11.7. The third kappa shape index (κ3) is 3.76. The zero-order chi connectivity index (χ0) is 14.8. The lowest BCUT2D eigenvalue weighted by molar-refractivity contribution is 0.446. The van der Waals surface area contributed by atoms with E-state index in [0.29, 0.717) is 11.9 Å². The third-order valence-corrected chi connectivity index (χ3v) is 3.28. The number of pyridine rings is 1. The van der Waals surface area contributed by atoms with Gasteiger partial charge in [0, 0.05) is 30.4 Å². The summed E-state index contributed by atoms with van der Waals surface area (Å²) in [5.41, 5.74) is 1.88. The molecule has 1 aliphatic rings. The quantitative estimate of drug-likeness (QED) is 0.911. The molecule has 0 atom stereocenters. The lowest BCUT2D eigenvalue weighted by Gasteiger charge is -2.09. The van der Waals surface area contributed by atoms with Gasteiger partial charge < -0.3 is 10.1 Å². The molecule has 0 spiro atoms. The fourth-order valence-electron chi connectivity index (χ4n) is 2.07. The van der Waals surface area contributed by atoms with Gasteiger partial charge in [-0.25, -0.2) is 13.8 Å². The Morgan fingerprint density at radius 1 is 1.19 bits per heavy atom. The Morgan fingerprint density at radius 3 is 2.71 bits per heavy atom. The van der Waals surface area contributed by atoms with E-state index in [2.05, 4.69) is 10.3 Å². The molecule has 1 fully saturated rings. The van der Waals surface area contributed by atoms with Crippen molar-refractivity contribution in [1.82, 2.24) is 10.3 Å². The molecular formula is C16H16F2N2O. The van der Waals surface area contributed by atoms with E-state index in [1.165, 1.54) is 18.9 Å². The number of hydrogen-bond donors (Lipinski definition) is 1. The second-order valence-corrected chi connectivity index (χ2v) is 5.29. The van der Waals surface area contributed by atoms with Gasteiger partial charge in [-0.15, -0.1) is 0 Å². The number of nitrogens with zero attached hydrogens (tertiary/aromatic N) is 1. The van der Waals surface area contributed by atoms with Crippen LogP contribution in [0.1, 0.15) is 24.1 Å². The maximum atomic E-state index is 13.2. The van der Waals surface area contributed by atoms with E-state index in [9.17, 15) is 8.78 Å². The zero-order valence-electron chi connectivity index (χ0n) is 11.7. The highest BCUT2D eigenvalue weighted by molar-refractivity contribution is 5.31. The first-order valence-corrected chi connectivity index (χ1v) is 6.94. The number of benzene rings is 1. The minimum absolute atomic E-state index is 0.230. The summed E-state index contributed by atoms with van der Waals surface area (Å²) >= 11 is 0. The van der Waals surface area contributed by atoms with Crippen LogP contribution in [-0.4, -0.2) is 11.0 Å². The van der Waals surface area contributed by atoms with Gasteiger partial charge in [-0.05, 0) is 43.5 Å². The monoisotopic (exact) mass is 290 g/mol. The number of nitrogens with one attached hydrogen (secondary N) is 1. The summed E-state index contributed by atoms with van der Waals surface area (Å²) in [4.78, 5) is 4.26. The first-order valence-electron chi connectivity index (χ1n) is 6.94.